The molecule has 0 bridgehead atoms. The lowest BCUT2D eigenvalue weighted by Crippen LogP contribution is -1.94. The van der Waals surface area contributed by atoms with Crippen LogP contribution < -0.4 is 0 Å². The summed E-state index contributed by atoms with van der Waals surface area (Å²) < 4.78 is 19.0. The number of rotatable bonds is 6. The van der Waals surface area contributed by atoms with Gasteiger partial charge in [-0.1, -0.05) is 5.57 Å². The second-order valence-corrected chi connectivity index (χ2v) is 4.70. The van der Waals surface area contributed by atoms with Crippen LogP contribution in [0.25, 0.3) is 0 Å². The Morgan fingerprint density at radius 1 is 1.62 bits per heavy atom. The van der Waals surface area contributed by atoms with Crippen LogP contribution in [0.4, 0.5) is 0 Å². The number of phosphoric acid groups is 1. The summed E-state index contributed by atoms with van der Waals surface area (Å²) in [6.07, 6.45) is 0.405. The summed E-state index contributed by atoms with van der Waals surface area (Å²) in [5.74, 6) is 0. The summed E-state index contributed by atoms with van der Waals surface area (Å²) in [5.41, 5.74) is 0.787. The zero-order chi connectivity index (χ0) is 10.5. The van der Waals surface area contributed by atoms with E-state index in [-0.39, 0.29) is 6.61 Å². The Morgan fingerprint density at radius 3 is 2.54 bits per heavy atom. The molecule has 0 aromatic carbocycles. The molecule has 0 saturated heterocycles. The Kier molecular flexibility index (Phi) is 5.92. The molecular formula is C5H12O6P2. The second-order valence-electron chi connectivity index (χ2n) is 2.34. The molecule has 0 aliphatic rings. The molecule has 13 heavy (non-hydrogen) atoms. The maximum Gasteiger partial charge on any atom is 0.479 e. The van der Waals surface area contributed by atoms with Gasteiger partial charge in [0.1, 0.15) is 0 Å². The van der Waals surface area contributed by atoms with E-state index in [0.717, 1.165) is 5.57 Å². The fraction of sp³-hybridized carbons (Fsp3) is 0.600. The summed E-state index contributed by atoms with van der Waals surface area (Å²) in [6, 6.07) is 0. The molecule has 3 N–H and O–H groups in total. The molecular weight excluding hydrogens is 218 g/mol. The highest BCUT2D eigenvalue weighted by Gasteiger charge is 2.25. The van der Waals surface area contributed by atoms with E-state index in [1.807, 2.05) is 0 Å². The highest BCUT2D eigenvalue weighted by atomic mass is 31.3. The van der Waals surface area contributed by atoms with Crippen LogP contribution in [0.15, 0.2) is 12.2 Å². The molecule has 0 radical (unpaired) electrons. The zero-order valence-electron chi connectivity index (χ0n) is 7.08. The molecule has 0 aromatic heterocycles. The van der Waals surface area contributed by atoms with E-state index in [0.29, 0.717) is 6.42 Å². The zero-order valence-corrected chi connectivity index (χ0v) is 8.87. The quantitative estimate of drug-likeness (QED) is 0.470. The molecule has 8 heteroatoms. The van der Waals surface area contributed by atoms with Gasteiger partial charge in [0, 0.05) is 0 Å². The summed E-state index contributed by atoms with van der Waals surface area (Å²) in [5, 5.41) is 0. The van der Waals surface area contributed by atoms with Crippen LogP contribution >= 0.6 is 16.4 Å². The number of hydrogen-bond acceptors (Lipinski definition) is 5. The summed E-state index contributed by atoms with van der Waals surface area (Å²) in [4.78, 5) is 25.3. The van der Waals surface area contributed by atoms with Crippen molar-refractivity contribution in [2.45, 2.75) is 13.3 Å². The molecule has 0 rings (SSSR count). The van der Waals surface area contributed by atoms with Crippen molar-refractivity contribution in [1.82, 2.24) is 0 Å². The Morgan fingerprint density at radius 2 is 2.15 bits per heavy atom. The van der Waals surface area contributed by atoms with E-state index in [1.54, 1.807) is 6.92 Å². The molecule has 0 aliphatic heterocycles. The fourth-order valence-corrected chi connectivity index (χ4v) is 1.70. The van der Waals surface area contributed by atoms with Crippen molar-refractivity contribution in [2.24, 2.45) is 0 Å². The Labute approximate surface area is 77.4 Å². The lowest BCUT2D eigenvalue weighted by atomic mass is 10.3. The highest BCUT2D eigenvalue weighted by Crippen LogP contribution is 2.53. The van der Waals surface area contributed by atoms with Gasteiger partial charge in [0.15, 0.2) is 0 Å². The third-order valence-electron chi connectivity index (χ3n) is 0.959. The van der Waals surface area contributed by atoms with Gasteiger partial charge >= 0.3 is 16.4 Å². The number of hydrogen-bond donors (Lipinski definition) is 3. The molecule has 6 nitrogen and oxygen atoms in total. The molecule has 1 unspecified atom stereocenters. The van der Waals surface area contributed by atoms with Gasteiger partial charge in [-0.2, -0.15) is 0 Å². The van der Waals surface area contributed by atoms with Crippen LogP contribution in [0.2, 0.25) is 0 Å². The molecule has 0 fully saturated rings. The summed E-state index contributed by atoms with van der Waals surface area (Å²) in [6.45, 7) is 5.23. The Balaban J connectivity index is 3.76. The van der Waals surface area contributed by atoms with E-state index in [9.17, 15) is 4.57 Å². The van der Waals surface area contributed by atoms with Crippen molar-refractivity contribution in [3.63, 3.8) is 0 Å². The van der Waals surface area contributed by atoms with Gasteiger partial charge < -0.3 is 14.7 Å². The molecule has 0 spiro atoms. The van der Waals surface area contributed by atoms with Crippen LogP contribution in [0.3, 0.4) is 0 Å². The monoisotopic (exact) mass is 230 g/mol. The van der Waals surface area contributed by atoms with Gasteiger partial charge in [-0.25, -0.2) is 8.88 Å². The van der Waals surface area contributed by atoms with Crippen molar-refractivity contribution >= 4 is 16.4 Å². The minimum atomic E-state index is -4.32. The van der Waals surface area contributed by atoms with Crippen molar-refractivity contribution < 1.29 is 28.1 Å². The van der Waals surface area contributed by atoms with E-state index in [1.165, 1.54) is 0 Å². The Hall–Kier alpha value is 0.200. The molecule has 0 heterocycles. The molecule has 0 aliphatic carbocycles. The largest absolute Gasteiger partial charge is 0.479 e. The minimum absolute atomic E-state index is 0.0493. The maximum absolute atomic E-state index is 10.8. The average molecular weight is 230 g/mol. The molecule has 0 aromatic rings. The van der Waals surface area contributed by atoms with Gasteiger partial charge in [0.2, 0.25) is 0 Å². The highest BCUT2D eigenvalue weighted by molar-refractivity contribution is 7.57. The van der Waals surface area contributed by atoms with Crippen molar-refractivity contribution in [1.29, 1.82) is 0 Å². The van der Waals surface area contributed by atoms with Crippen LogP contribution in [-0.4, -0.2) is 21.3 Å². The smallest absolute Gasteiger partial charge is 0.328 e. The predicted molar refractivity (Wildman–Crippen MR) is 47.7 cm³/mol. The molecule has 1 atom stereocenters. The van der Waals surface area contributed by atoms with Crippen LogP contribution in [0, 0.1) is 0 Å². The van der Waals surface area contributed by atoms with Gasteiger partial charge in [-0.15, -0.1) is 6.58 Å². The van der Waals surface area contributed by atoms with E-state index < -0.39 is 16.4 Å². The van der Waals surface area contributed by atoms with E-state index >= 15 is 0 Å². The summed E-state index contributed by atoms with van der Waals surface area (Å²) >= 11 is 0. The maximum atomic E-state index is 10.8. The first kappa shape index (κ1) is 13.2. The van der Waals surface area contributed by atoms with Crippen molar-refractivity contribution in [3.8, 4) is 0 Å². The van der Waals surface area contributed by atoms with Crippen LogP contribution in [0.5, 0.6) is 0 Å². The van der Waals surface area contributed by atoms with E-state index in [2.05, 4.69) is 15.4 Å². The standard InChI is InChI=1S/C5H12O6P2/c1-5(2)3-4-10-13(8,9)11-12(6)7/h6-7H,1,3-4H2,2H3,(H,8,9). The first-order valence-electron chi connectivity index (χ1n) is 3.33. The summed E-state index contributed by atoms with van der Waals surface area (Å²) in [7, 11) is -7.20. The van der Waals surface area contributed by atoms with Crippen LogP contribution in [-0.2, 0) is 13.4 Å². The SMILES string of the molecule is C=C(C)CCOP(=O)(O)OP(O)O. The van der Waals surface area contributed by atoms with Gasteiger partial charge in [0.05, 0.1) is 6.61 Å². The third kappa shape index (κ3) is 8.53. The average Bonchev–Trinajstić information content (AvgIpc) is 1.81. The predicted octanol–water partition coefficient (Wildman–Crippen LogP) is 1.30. The van der Waals surface area contributed by atoms with Crippen LogP contribution in [0.1, 0.15) is 13.3 Å². The number of phosphoric ester groups is 1. The Bertz CT molecular complexity index is 215. The van der Waals surface area contributed by atoms with Gasteiger partial charge in [-0.05, 0) is 13.3 Å². The first-order valence-corrected chi connectivity index (χ1v) is 5.99. The topological polar surface area (TPSA) is 96.2 Å². The lowest BCUT2D eigenvalue weighted by molar-refractivity contribution is 0.196. The van der Waals surface area contributed by atoms with Gasteiger partial charge in [0.25, 0.3) is 0 Å². The first-order chi connectivity index (χ1) is 5.83. The minimum Gasteiger partial charge on any atom is -0.328 e. The fourth-order valence-electron chi connectivity index (χ4n) is 0.451. The molecule has 78 valence electrons. The molecule has 0 amide bonds. The van der Waals surface area contributed by atoms with Gasteiger partial charge in [-0.3, -0.25) is 4.52 Å². The molecule has 0 saturated carbocycles. The third-order valence-corrected chi connectivity index (χ3v) is 2.88. The lowest BCUT2D eigenvalue weighted by Gasteiger charge is -2.11. The van der Waals surface area contributed by atoms with E-state index in [4.69, 9.17) is 14.7 Å². The normalized spacial score (nSPS) is 15.8. The van der Waals surface area contributed by atoms with Crippen molar-refractivity contribution in [2.75, 3.05) is 6.61 Å². The second kappa shape index (κ2) is 5.83. The van der Waals surface area contributed by atoms with Crippen molar-refractivity contribution in [3.05, 3.63) is 12.2 Å².